The Morgan fingerprint density at radius 1 is 1.30 bits per heavy atom. The van der Waals surface area contributed by atoms with E-state index >= 15 is 0 Å². The lowest BCUT2D eigenvalue weighted by atomic mass is 9.56. The van der Waals surface area contributed by atoms with Gasteiger partial charge in [0.25, 0.3) is 0 Å². The summed E-state index contributed by atoms with van der Waals surface area (Å²) in [7, 11) is -0.369. The predicted molar refractivity (Wildman–Crippen MR) is 129 cm³/mol. The summed E-state index contributed by atoms with van der Waals surface area (Å²) in [6, 6.07) is 0. The van der Waals surface area contributed by atoms with Crippen LogP contribution < -0.4 is 0 Å². The SMILES string of the molecule is COC(=O)/C=C/C=C/CC(C)C1=CCC[C@H]2[C@@H](O[Si](C)(C)C(C)(C)C)CCC[C@]12C. The summed E-state index contributed by atoms with van der Waals surface area (Å²) >= 11 is 0. The number of rotatable bonds is 7. The van der Waals surface area contributed by atoms with Crippen molar-refractivity contribution in [3.05, 3.63) is 36.0 Å². The number of esters is 1. The Labute approximate surface area is 186 Å². The zero-order valence-corrected chi connectivity index (χ0v) is 21.6. The minimum absolute atomic E-state index is 0.249. The van der Waals surface area contributed by atoms with Gasteiger partial charge in [0.05, 0.1) is 7.11 Å². The van der Waals surface area contributed by atoms with Gasteiger partial charge < -0.3 is 9.16 Å². The number of hydrogen-bond donors (Lipinski definition) is 0. The topological polar surface area (TPSA) is 35.5 Å². The highest BCUT2D eigenvalue weighted by molar-refractivity contribution is 6.74. The lowest BCUT2D eigenvalue weighted by Crippen LogP contribution is -2.51. The average molecular weight is 433 g/mol. The second kappa shape index (κ2) is 9.99. The molecule has 0 spiro atoms. The predicted octanol–water partition coefficient (Wildman–Crippen LogP) is 7.22. The third-order valence-corrected chi connectivity index (χ3v) is 12.4. The second-order valence-corrected chi connectivity index (χ2v) is 15.8. The van der Waals surface area contributed by atoms with Crippen molar-refractivity contribution in [3.63, 3.8) is 0 Å². The maximum absolute atomic E-state index is 11.2. The first-order chi connectivity index (χ1) is 13.9. The van der Waals surface area contributed by atoms with Gasteiger partial charge in [-0.2, -0.15) is 0 Å². The average Bonchev–Trinajstić information content (AvgIpc) is 2.65. The van der Waals surface area contributed by atoms with Gasteiger partial charge in [-0.3, -0.25) is 0 Å². The molecule has 2 aliphatic carbocycles. The molecule has 0 saturated heterocycles. The van der Waals surface area contributed by atoms with Crippen LogP contribution in [0.3, 0.4) is 0 Å². The van der Waals surface area contributed by atoms with Crippen LogP contribution in [-0.4, -0.2) is 27.5 Å². The van der Waals surface area contributed by atoms with E-state index in [0.717, 1.165) is 6.42 Å². The van der Waals surface area contributed by atoms with Gasteiger partial charge in [0.1, 0.15) is 0 Å². The normalized spacial score (nSPS) is 29.0. The molecule has 2 aliphatic rings. The molecule has 2 rings (SSSR count). The third kappa shape index (κ3) is 5.76. The Bertz CT molecular complexity index is 683. The first-order valence-electron chi connectivity index (χ1n) is 11.7. The molecule has 4 atom stereocenters. The van der Waals surface area contributed by atoms with E-state index in [9.17, 15) is 4.79 Å². The summed E-state index contributed by atoms with van der Waals surface area (Å²) in [4.78, 5) is 11.2. The molecule has 0 amide bonds. The van der Waals surface area contributed by atoms with E-state index in [1.165, 1.54) is 45.3 Å². The minimum atomic E-state index is -1.77. The Kier molecular flexibility index (Phi) is 8.37. The lowest BCUT2D eigenvalue weighted by Gasteiger charge is -2.53. The molecule has 1 fully saturated rings. The zero-order valence-electron chi connectivity index (χ0n) is 20.6. The van der Waals surface area contributed by atoms with Crippen molar-refractivity contribution in [2.45, 2.75) is 97.4 Å². The van der Waals surface area contributed by atoms with Gasteiger partial charge in [-0.25, -0.2) is 4.79 Å². The summed E-state index contributed by atoms with van der Waals surface area (Å²) in [6.07, 6.45) is 17.4. The molecular formula is C26H44O3Si. The highest BCUT2D eigenvalue weighted by atomic mass is 28.4. The van der Waals surface area contributed by atoms with E-state index in [1.54, 1.807) is 11.6 Å². The van der Waals surface area contributed by atoms with Crippen molar-refractivity contribution in [2.24, 2.45) is 17.3 Å². The smallest absolute Gasteiger partial charge is 0.330 e. The van der Waals surface area contributed by atoms with Crippen LogP contribution >= 0.6 is 0 Å². The number of fused-ring (bicyclic) bond motifs is 1. The van der Waals surface area contributed by atoms with Crippen molar-refractivity contribution in [1.29, 1.82) is 0 Å². The van der Waals surface area contributed by atoms with Crippen LogP contribution in [0.1, 0.15) is 73.1 Å². The monoisotopic (exact) mass is 432 g/mol. The maximum Gasteiger partial charge on any atom is 0.330 e. The van der Waals surface area contributed by atoms with Crippen LogP contribution in [0.15, 0.2) is 36.0 Å². The Balaban J connectivity index is 2.11. The van der Waals surface area contributed by atoms with Crippen molar-refractivity contribution < 1.29 is 14.0 Å². The molecule has 0 aromatic rings. The van der Waals surface area contributed by atoms with Crippen LogP contribution in [0, 0.1) is 17.3 Å². The van der Waals surface area contributed by atoms with Gasteiger partial charge in [-0.05, 0) is 67.5 Å². The molecule has 0 heterocycles. The molecular weight excluding hydrogens is 388 g/mol. The first-order valence-corrected chi connectivity index (χ1v) is 14.6. The van der Waals surface area contributed by atoms with E-state index < -0.39 is 8.32 Å². The molecule has 1 unspecified atom stereocenters. The number of carbonyl (C=O) groups is 1. The Hall–Kier alpha value is -1.13. The number of methoxy groups -OCH3 is 1. The molecule has 0 aromatic heterocycles. The van der Waals surface area contributed by atoms with E-state index in [1.807, 2.05) is 6.08 Å². The number of hydrogen-bond acceptors (Lipinski definition) is 3. The van der Waals surface area contributed by atoms with E-state index in [0.29, 0.717) is 17.9 Å². The summed E-state index contributed by atoms with van der Waals surface area (Å²) in [5, 5.41) is 0.254. The number of carbonyl (C=O) groups excluding carboxylic acids is 1. The third-order valence-electron chi connectivity index (χ3n) is 7.91. The van der Waals surface area contributed by atoms with Crippen LogP contribution in [0.25, 0.3) is 0 Å². The minimum Gasteiger partial charge on any atom is -0.466 e. The van der Waals surface area contributed by atoms with Crippen molar-refractivity contribution in [2.75, 3.05) is 7.11 Å². The molecule has 0 radical (unpaired) electrons. The molecule has 0 N–H and O–H groups in total. The second-order valence-electron chi connectivity index (χ2n) is 11.0. The summed E-state index contributed by atoms with van der Waals surface area (Å²) in [5.74, 6) is 0.825. The lowest BCUT2D eigenvalue weighted by molar-refractivity contribution is -0.134. The fourth-order valence-corrected chi connectivity index (χ4v) is 6.53. The van der Waals surface area contributed by atoms with Gasteiger partial charge in [-0.1, -0.05) is 70.9 Å². The fraction of sp³-hybridized carbons (Fsp3) is 0.731. The quantitative estimate of drug-likeness (QED) is 0.140. The van der Waals surface area contributed by atoms with Gasteiger partial charge in [0.2, 0.25) is 0 Å². The molecule has 3 nitrogen and oxygen atoms in total. The van der Waals surface area contributed by atoms with Crippen molar-refractivity contribution >= 4 is 14.3 Å². The highest BCUT2D eigenvalue weighted by Crippen LogP contribution is 2.55. The van der Waals surface area contributed by atoms with Gasteiger partial charge in [0.15, 0.2) is 8.32 Å². The molecule has 0 bridgehead atoms. The number of ether oxygens (including phenoxy) is 1. The van der Waals surface area contributed by atoms with E-state index in [-0.39, 0.29) is 16.4 Å². The van der Waals surface area contributed by atoms with Crippen molar-refractivity contribution in [1.82, 2.24) is 0 Å². The van der Waals surface area contributed by atoms with E-state index in [2.05, 4.69) is 64.6 Å². The Morgan fingerprint density at radius 3 is 2.63 bits per heavy atom. The molecule has 1 saturated carbocycles. The van der Waals surface area contributed by atoms with Gasteiger partial charge >= 0.3 is 5.97 Å². The van der Waals surface area contributed by atoms with Crippen LogP contribution in [-0.2, 0) is 14.0 Å². The van der Waals surface area contributed by atoms with Gasteiger partial charge in [-0.15, -0.1) is 0 Å². The molecule has 0 aliphatic heterocycles. The Morgan fingerprint density at radius 2 is 2.00 bits per heavy atom. The number of allylic oxidation sites excluding steroid dienone is 5. The van der Waals surface area contributed by atoms with E-state index in [4.69, 9.17) is 4.43 Å². The summed E-state index contributed by atoms with van der Waals surface area (Å²) in [6.45, 7) is 16.7. The fourth-order valence-electron chi connectivity index (χ4n) is 5.13. The van der Waals surface area contributed by atoms with Crippen LogP contribution in [0.2, 0.25) is 18.1 Å². The summed E-state index contributed by atoms with van der Waals surface area (Å²) in [5.41, 5.74) is 1.88. The summed E-state index contributed by atoms with van der Waals surface area (Å²) < 4.78 is 11.6. The largest absolute Gasteiger partial charge is 0.466 e. The molecule has 0 aromatic carbocycles. The van der Waals surface area contributed by atoms with Crippen molar-refractivity contribution in [3.8, 4) is 0 Å². The molecule has 30 heavy (non-hydrogen) atoms. The highest BCUT2D eigenvalue weighted by Gasteiger charge is 2.49. The first kappa shape index (κ1) is 25.1. The van der Waals surface area contributed by atoms with Crippen LogP contribution in [0.4, 0.5) is 0 Å². The van der Waals surface area contributed by atoms with Crippen LogP contribution in [0.5, 0.6) is 0 Å². The molecule has 170 valence electrons. The maximum atomic E-state index is 11.2. The zero-order chi connectivity index (χ0) is 22.6. The molecule has 4 heteroatoms. The standard InChI is InChI=1S/C26H44O3Si/c1-20(14-10-9-11-18-24(27)28-6)21-15-12-16-22-23(17-13-19-26(21,22)5)29-30(7,8)25(2,3)4/h9-11,15,18,20,22-23H,12-14,16-17,19H2,1-8H3/b10-9+,18-11+/t20?,22-,23-,26+/m0/s1. The van der Waals surface area contributed by atoms with Gasteiger partial charge in [0, 0.05) is 12.2 Å².